The smallest absolute Gasteiger partial charge is 0.318 e. The molecule has 3 fully saturated rings. The summed E-state index contributed by atoms with van der Waals surface area (Å²) in [6.07, 6.45) is 1.57. The summed E-state index contributed by atoms with van der Waals surface area (Å²) in [4.78, 5) is 30.5. The molecule has 3 aliphatic rings. The highest BCUT2D eigenvalue weighted by Crippen LogP contribution is 2.53. The van der Waals surface area contributed by atoms with Crippen LogP contribution < -0.4 is 5.32 Å². The third-order valence-electron chi connectivity index (χ3n) is 6.60. The molecule has 158 valence electrons. The molecule has 0 aromatic heterocycles. The molecule has 2 aliphatic heterocycles. The first-order valence-corrected chi connectivity index (χ1v) is 11.8. The van der Waals surface area contributed by atoms with Gasteiger partial charge in [0.05, 0.1) is 22.6 Å². The molecular weight excluding hydrogens is 392 g/mol. The maximum absolute atomic E-state index is 12.6. The van der Waals surface area contributed by atoms with Gasteiger partial charge in [-0.1, -0.05) is 30.3 Å². The molecule has 0 atom stereocenters. The van der Waals surface area contributed by atoms with Crippen LogP contribution >= 0.6 is 0 Å². The van der Waals surface area contributed by atoms with Crippen molar-refractivity contribution in [3.63, 3.8) is 0 Å². The zero-order valence-electron chi connectivity index (χ0n) is 16.9. The fourth-order valence-electron chi connectivity index (χ4n) is 4.93. The number of urea groups is 1. The second kappa shape index (κ2) is 6.98. The average Bonchev–Trinajstić information content (AvgIpc) is 2.96. The second-order valence-corrected chi connectivity index (χ2v) is 11.0. The Bertz CT molecular complexity index is 896. The van der Waals surface area contributed by atoms with Gasteiger partial charge in [0.15, 0.2) is 9.84 Å². The number of nitrogens with one attached hydrogen (secondary N) is 1. The lowest BCUT2D eigenvalue weighted by atomic mass is 9.59. The van der Waals surface area contributed by atoms with E-state index in [9.17, 15) is 18.0 Å². The molecule has 9 heteroatoms. The van der Waals surface area contributed by atoms with Crippen LogP contribution in [0.3, 0.4) is 0 Å². The van der Waals surface area contributed by atoms with Gasteiger partial charge in [-0.25, -0.2) is 13.2 Å². The van der Waals surface area contributed by atoms with Crippen LogP contribution in [0.15, 0.2) is 30.3 Å². The molecule has 2 heterocycles. The summed E-state index contributed by atoms with van der Waals surface area (Å²) in [5, 5.41) is 3.11. The Morgan fingerprint density at radius 3 is 2.34 bits per heavy atom. The summed E-state index contributed by atoms with van der Waals surface area (Å²) < 4.78 is 23.1. The third-order valence-corrected chi connectivity index (χ3v) is 8.21. The molecule has 3 amide bonds. The topological polar surface area (TPSA) is 90.0 Å². The van der Waals surface area contributed by atoms with Gasteiger partial charge in [0.25, 0.3) is 0 Å². The van der Waals surface area contributed by atoms with Crippen molar-refractivity contribution in [3.8, 4) is 0 Å². The zero-order valence-corrected chi connectivity index (χ0v) is 17.7. The van der Waals surface area contributed by atoms with E-state index in [-0.39, 0.29) is 54.2 Å². The largest absolute Gasteiger partial charge is 0.339 e. The number of sulfone groups is 1. The first kappa shape index (κ1) is 20.2. The molecule has 1 aromatic carbocycles. The number of benzene rings is 1. The van der Waals surface area contributed by atoms with E-state index in [1.165, 1.54) is 5.56 Å². The molecular formula is C20H28N4O4S. The van der Waals surface area contributed by atoms with Gasteiger partial charge in [-0.2, -0.15) is 0 Å². The maximum atomic E-state index is 12.6. The van der Waals surface area contributed by atoms with Gasteiger partial charge in [0, 0.05) is 19.6 Å². The van der Waals surface area contributed by atoms with E-state index < -0.39 is 9.84 Å². The molecule has 1 spiro atoms. The molecule has 1 saturated carbocycles. The zero-order chi connectivity index (χ0) is 20.9. The van der Waals surface area contributed by atoms with Crippen molar-refractivity contribution in [1.82, 2.24) is 20.0 Å². The van der Waals surface area contributed by atoms with Crippen LogP contribution in [-0.4, -0.2) is 92.4 Å². The molecule has 2 saturated heterocycles. The lowest BCUT2D eigenvalue weighted by molar-refractivity contribution is -0.131. The lowest BCUT2D eigenvalue weighted by Crippen LogP contribution is -2.66. The number of amides is 3. The van der Waals surface area contributed by atoms with Gasteiger partial charge in [-0.15, -0.1) is 0 Å². The minimum Gasteiger partial charge on any atom is -0.339 e. The lowest BCUT2D eigenvalue weighted by Gasteiger charge is -2.57. The first-order valence-electron chi connectivity index (χ1n) is 9.93. The number of carbonyl (C=O) groups excluding carboxylic acids is 2. The van der Waals surface area contributed by atoms with Crippen LogP contribution in [0.5, 0.6) is 0 Å². The summed E-state index contributed by atoms with van der Waals surface area (Å²) in [5.74, 6) is -0.192. The molecule has 1 N–H and O–H groups in total. The van der Waals surface area contributed by atoms with Crippen molar-refractivity contribution < 1.29 is 18.0 Å². The summed E-state index contributed by atoms with van der Waals surface area (Å²) in [6, 6.07) is 10.1. The van der Waals surface area contributed by atoms with Gasteiger partial charge in [0.2, 0.25) is 5.91 Å². The monoisotopic (exact) mass is 420 g/mol. The van der Waals surface area contributed by atoms with Gasteiger partial charge in [0.1, 0.15) is 6.54 Å². The maximum Gasteiger partial charge on any atom is 0.318 e. The van der Waals surface area contributed by atoms with E-state index in [2.05, 4.69) is 36.4 Å². The molecule has 29 heavy (non-hydrogen) atoms. The summed E-state index contributed by atoms with van der Waals surface area (Å²) >= 11 is 0. The molecule has 0 bridgehead atoms. The van der Waals surface area contributed by atoms with E-state index >= 15 is 0 Å². The van der Waals surface area contributed by atoms with Gasteiger partial charge in [-0.3, -0.25) is 9.69 Å². The van der Waals surface area contributed by atoms with Crippen molar-refractivity contribution in [3.05, 3.63) is 35.9 Å². The van der Waals surface area contributed by atoms with Crippen molar-refractivity contribution in [1.29, 1.82) is 0 Å². The van der Waals surface area contributed by atoms with Crippen LogP contribution in [0.4, 0.5) is 4.79 Å². The Hall–Kier alpha value is -2.13. The van der Waals surface area contributed by atoms with Crippen molar-refractivity contribution in [2.75, 3.05) is 51.8 Å². The third kappa shape index (κ3) is 3.61. The Kier molecular flexibility index (Phi) is 4.85. The van der Waals surface area contributed by atoms with Crippen LogP contribution in [0, 0.1) is 0 Å². The van der Waals surface area contributed by atoms with Crippen molar-refractivity contribution in [2.24, 2.45) is 0 Å². The van der Waals surface area contributed by atoms with E-state index in [4.69, 9.17) is 0 Å². The van der Waals surface area contributed by atoms with Crippen LogP contribution in [0.2, 0.25) is 0 Å². The highest BCUT2D eigenvalue weighted by Gasteiger charge is 2.61. The molecule has 8 nitrogen and oxygen atoms in total. The summed E-state index contributed by atoms with van der Waals surface area (Å²) in [5.41, 5.74) is 0.771. The predicted octanol–water partition coefficient (Wildman–Crippen LogP) is 0.258. The molecule has 1 aromatic rings. The normalized spacial score (nSPS) is 31.1. The number of hydrogen-bond acceptors (Lipinski definition) is 5. The fourth-order valence-corrected chi connectivity index (χ4v) is 6.13. The van der Waals surface area contributed by atoms with Crippen molar-refractivity contribution in [2.45, 2.75) is 23.9 Å². The van der Waals surface area contributed by atoms with E-state index in [1.807, 2.05) is 18.2 Å². The molecule has 0 unspecified atom stereocenters. The van der Waals surface area contributed by atoms with Crippen molar-refractivity contribution >= 4 is 21.8 Å². The minimum atomic E-state index is -3.04. The van der Waals surface area contributed by atoms with E-state index in [0.29, 0.717) is 6.54 Å². The number of rotatable bonds is 4. The minimum absolute atomic E-state index is 0.00267. The van der Waals surface area contributed by atoms with Gasteiger partial charge >= 0.3 is 6.03 Å². The van der Waals surface area contributed by atoms with E-state index in [0.717, 1.165) is 12.8 Å². The quantitative estimate of drug-likeness (QED) is 0.755. The Morgan fingerprint density at radius 2 is 1.76 bits per heavy atom. The number of hydrogen-bond donors (Lipinski definition) is 1. The average molecular weight is 421 g/mol. The standard InChI is InChI=1S/C20H28N4O4S/c1-22(2)20(16-6-4-3-5-7-16)13-19(14-20)15-24(18(26)21-19)12-17(25)23-8-10-29(27,28)11-9-23/h3-7H,8-15H2,1-2H3,(H,21,26). The van der Waals surface area contributed by atoms with Gasteiger partial charge < -0.3 is 15.1 Å². The summed E-state index contributed by atoms with van der Waals surface area (Å²) in [7, 11) is 1.08. The first-order chi connectivity index (χ1) is 13.6. The SMILES string of the molecule is CN(C)C1(c2ccccc2)CC2(CN(CC(=O)N3CCS(=O)(=O)CC3)C(=O)N2)C1. The van der Waals surface area contributed by atoms with Crippen LogP contribution in [0.1, 0.15) is 18.4 Å². The fraction of sp³-hybridized carbons (Fsp3) is 0.600. The molecule has 0 radical (unpaired) electrons. The predicted molar refractivity (Wildman–Crippen MR) is 109 cm³/mol. The second-order valence-electron chi connectivity index (χ2n) is 8.74. The molecule has 4 rings (SSSR count). The highest BCUT2D eigenvalue weighted by molar-refractivity contribution is 7.91. The number of carbonyl (C=O) groups is 2. The van der Waals surface area contributed by atoms with Gasteiger partial charge in [-0.05, 0) is 32.5 Å². The Labute approximate surface area is 171 Å². The number of nitrogens with zero attached hydrogens (tertiary/aromatic N) is 3. The summed E-state index contributed by atoms with van der Waals surface area (Å²) in [6.45, 7) is 0.902. The highest BCUT2D eigenvalue weighted by atomic mass is 32.2. The Balaban J connectivity index is 1.41. The van der Waals surface area contributed by atoms with Crippen LogP contribution in [-0.2, 0) is 20.2 Å². The van der Waals surface area contributed by atoms with Crippen LogP contribution in [0.25, 0.3) is 0 Å². The Morgan fingerprint density at radius 1 is 1.14 bits per heavy atom. The molecule has 1 aliphatic carbocycles. The van der Waals surface area contributed by atoms with E-state index in [1.54, 1.807) is 9.80 Å².